The fraction of sp³-hybridized carbons (Fsp3) is 0.733. The lowest BCUT2D eigenvalue weighted by Gasteiger charge is -2.13. The van der Waals surface area contributed by atoms with Crippen LogP contribution < -0.4 is 0 Å². The van der Waals surface area contributed by atoms with Gasteiger partial charge in [-0.2, -0.15) is 0 Å². The van der Waals surface area contributed by atoms with E-state index in [4.69, 9.17) is 29.9 Å². The highest BCUT2D eigenvalue weighted by atomic mass is 15.1. The van der Waals surface area contributed by atoms with Crippen LogP contribution in [-0.2, 0) is 51.4 Å². The van der Waals surface area contributed by atoms with E-state index in [0.717, 1.165) is 141 Å². The van der Waals surface area contributed by atoms with Crippen LogP contribution in [0.5, 0.6) is 0 Å². The van der Waals surface area contributed by atoms with Crippen LogP contribution in [0.2, 0.25) is 0 Å². The van der Waals surface area contributed by atoms with Crippen molar-refractivity contribution in [1.29, 1.82) is 0 Å². The number of rotatable bonds is 80. The number of hydrogen-bond donors (Lipinski definition) is 2. The second kappa shape index (κ2) is 66.6. The number of aromatic nitrogens is 8. The van der Waals surface area contributed by atoms with Gasteiger partial charge in [0.2, 0.25) is 0 Å². The number of hydrogen-bond acceptors (Lipinski definition) is 6. The lowest BCUT2D eigenvalue weighted by Crippen LogP contribution is -1.98. The number of unbranched alkanes of at least 4 members (excludes halogenated alkanes) is 64. The molecule has 2 aliphatic rings. The summed E-state index contributed by atoms with van der Waals surface area (Å²) in [7, 11) is 0. The van der Waals surface area contributed by atoms with E-state index in [-0.39, 0.29) is 0 Å². The SMILES string of the molecule is CCCCCCCCCCCc1cc2c(cc1CCCCCCCCCCC)-c1nc-2nc2[nH]c(nc3nc(nc4[nH]c(n1)c1cc(CCCCCCCCCCC)c(CCCCCCCCCCC)cc41)-c1cc(CCCCCCCCCCC)c(CCCCCCCCCCC)cc1-3)c1cc(CCCCCCCCCCC)c(CCCCCCCCCCC)cc21. The number of fused-ring (bicyclic) bond motifs is 20. The van der Waals surface area contributed by atoms with Gasteiger partial charge in [0.1, 0.15) is 22.6 Å². The summed E-state index contributed by atoms with van der Waals surface area (Å²) < 4.78 is 0. The number of aryl methyl sites for hydroxylation is 8. The first-order valence-corrected chi connectivity index (χ1v) is 56.8. The Kier molecular flexibility index (Phi) is 55.1. The molecule has 0 aliphatic carbocycles. The third-order valence-corrected chi connectivity index (χ3v) is 29.5. The van der Waals surface area contributed by atoms with Crippen LogP contribution in [0.1, 0.15) is 562 Å². The molecule has 128 heavy (non-hydrogen) atoms. The van der Waals surface area contributed by atoms with E-state index in [1.165, 1.54) is 507 Å². The quantitative estimate of drug-likeness (QED) is 0.0368. The predicted molar refractivity (Wildman–Crippen MR) is 564 cm³/mol. The zero-order valence-corrected chi connectivity index (χ0v) is 84.9. The summed E-state index contributed by atoms with van der Waals surface area (Å²) in [6.45, 7) is 18.7. The molecule has 8 heteroatoms. The van der Waals surface area contributed by atoms with Gasteiger partial charge in [-0.25, -0.2) is 29.9 Å². The lowest BCUT2D eigenvalue weighted by atomic mass is 9.91. The second-order valence-electron chi connectivity index (χ2n) is 40.9. The zero-order chi connectivity index (χ0) is 89.7. The van der Waals surface area contributed by atoms with Crippen molar-refractivity contribution in [2.24, 2.45) is 0 Å². The first kappa shape index (κ1) is 106. The molecular formula is C120H194N8. The maximum atomic E-state index is 6.03. The summed E-state index contributed by atoms with van der Waals surface area (Å²) >= 11 is 0. The van der Waals surface area contributed by atoms with E-state index in [1.54, 1.807) is 0 Å². The molecule has 0 radical (unpaired) electrons. The molecule has 9 rings (SSSR count). The largest absolute Gasteiger partial charge is 0.324 e. The van der Waals surface area contributed by atoms with Crippen LogP contribution in [0.3, 0.4) is 0 Å². The molecule has 0 amide bonds. The summed E-state index contributed by atoms with van der Waals surface area (Å²) in [6.07, 6.45) is 104. The lowest BCUT2D eigenvalue weighted by molar-refractivity contribution is 0.561. The van der Waals surface area contributed by atoms with Gasteiger partial charge in [0.15, 0.2) is 23.3 Å². The Morgan fingerprint density at radius 1 is 0.141 bits per heavy atom. The molecule has 0 atom stereocenters. The Balaban J connectivity index is 1.28. The van der Waals surface area contributed by atoms with Crippen LogP contribution in [0, 0.1) is 0 Å². The number of nitrogens with one attached hydrogen (secondary N) is 2. The molecule has 0 saturated carbocycles. The van der Waals surface area contributed by atoms with Gasteiger partial charge in [-0.05, 0) is 196 Å². The van der Waals surface area contributed by atoms with Crippen molar-refractivity contribution in [3.8, 4) is 45.6 Å². The van der Waals surface area contributed by atoms with Crippen LogP contribution >= 0.6 is 0 Å². The maximum Gasteiger partial charge on any atom is 0.164 e. The molecule has 0 spiro atoms. The van der Waals surface area contributed by atoms with Gasteiger partial charge in [-0.15, -0.1) is 0 Å². The molecule has 2 aliphatic heterocycles. The summed E-state index contributed by atoms with van der Waals surface area (Å²) in [6, 6.07) is 20.6. The van der Waals surface area contributed by atoms with Gasteiger partial charge < -0.3 is 9.97 Å². The fourth-order valence-corrected chi connectivity index (χ4v) is 21.2. The predicted octanol–water partition coefficient (Wildman–Crippen LogP) is 39.5. The Labute approximate surface area is 786 Å². The molecule has 8 nitrogen and oxygen atoms in total. The third kappa shape index (κ3) is 38.7. The first-order valence-electron chi connectivity index (χ1n) is 56.8. The third-order valence-electron chi connectivity index (χ3n) is 29.5. The molecule has 3 aromatic heterocycles. The normalized spacial score (nSPS) is 12.1. The number of aromatic amines is 2. The summed E-state index contributed by atoms with van der Waals surface area (Å²) in [5.41, 5.74) is 19.8. The first-order chi connectivity index (χ1) is 63.3. The second-order valence-corrected chi connectivity index (χ2v) is 40.9. The van der Waals surface area contributed by atoms with Crippen molar-refractivity contribution in [3.63, 3.8) is 0 Å². The van der Waals surface area contributed by atoms with E-state index in [9.17, 15) is 0 Å². The Hall–Kier alpha value is -5.76. The van der Waals surface area contributed by atoms with E-state index in [1.807, 2.05) is 0 Å². The van der Waals surface area contributed by atoms with Crippen molar-refractivity contribution in [1.82, 2.24) is 39.9 Å². The van der Waals surface area contributed by atoms with E-state index >= 15 is 0 Å². The monoisotopic (exact) mass is 1750 g/mol. The highest BCUT2D eigenvalue weighted by molar-refractivity contribution is 6.07. The molecule has 0 unspecified atom stereocenters. The summed E-state index contributed by atoms with van der Waals surface area (Å²) in [4.78, 5) is 44.1. The van der Waals surface area contributed by atoms with Gasteiger partial charge in [0.05, 0.1) is 0 Å². The average molecular weight is 1750 g/mol. The van der Waals surface area contributed by atoms with Gasteiger partial charge in [-0.1, -0.05) is 466 Å². The summed E-state index contributed by atoms with van der Waals surface area (Å²) in [5, 5.41) is 4.59. The Morgan fingerprint density at radius 2 is 0.258 bits per heavy atom. The molecule has 0 fully saturated rings. The van der Waals surface area contributed by atoms with Crippen molar-refractivity contribution in [2.45, 2.75) is 569 Å². The molecule has 7 aromatic rings. The van der Waals surface area contributed by atoms with E-state index < -0.39 is 0 Å². The minimum absolute atomic E-state index is 0.762. The molecule has 2 N–H and O–H groups in total. The molecule has 714 valence electrons. The van der Waals surface area contributed by atoms with Gasteiger partial charge in [0, 0.05) is 43.8 Å². The Morgan fingerprint density at radius 3 is 0.391 bits per heavy atom. The standard InChI is InChI=1S/C120H194N8/c1-9-17-25-33-41-49-57-65-73-81-97-89-105-106(90-98(97)82-74-66-58-50-42-34-26-18-10-2)114-121-113(105)125-115-107-91-99(83-75-67-59-51-43-35-27-19-11-3)100(84-76-68-60-52-44-36-28-20-12-4)92-108(107)117(122-115)127-119-111-95-103(87-79-71-63-55-47-39-31-23-15-7)104(88-80-72-64-56-48-40-32-24-16-8)96-112(111)120(124-119)128-118-110-94-102(86-78-70-62-54-46-38-30-22-14-6)101(93-109(110)116(123-118)126-114)85-77-69-61-53-45-37-29-21-13-5/h89-96H,9-88H2,1-8H3,(H2,121,122,123,124,125,126,127,128). The number of nitrogens with zero attached hydrogens (tertiary/aromatic N) is 6. The topological polar surface area (TPSA) is 109 Å². The van der Waals surface area contributed by atoms with Gasteiger partial charge in [0.25, 0.3) is 0 Å². The van der Waals surface area contributed by atoms with E-state index in [2.05, 4.69) is 114 Å². The minimum Gasteiger partial charge on any atom is -0.324 e. The molecule has 5 heterocycles. The van der Waals surface area contributed by atoms with Crippen molar-refractivity contribution < 1.29 is 0 Å². The Bertz CT molecular complexity index is 3730. The summed E-state index contributed by atoms with van der Waals surface area (Å²) in [5.74, 6) is 3.05. The van der Waals surface area contributed by atoms with E-state index in [0.29, 0.717) is 0 Å². The highest BCUT2D eigenvalue weighted by Gasteiger charge is 2.27. The molecular weight excluding hydrogens is 1550 g/mol. The van der Waals surface area contributed by atoms with Gasteiger partial charge >= 0.3 is 0 Å². The van der Waals surface area contributed by atoms with Crippen LogP contribution in [0.25, 0.3) is 89.7 Å². The minimum atomic E-state index is 0.762. The maximum absolute atomic E-state index is 6.03. The van der Waals surface area contributed by atoms with Crippen LogP contribution in [0.15, 0.2) is 48.5 Å². The smallest absolute Gasteiger partial charge is 0.164 e. The molecule has 4 aromatic carbocycles. The van der Waals surface area contributed by atoms with Gasteiger partial charge in [-0.3, -0.25) is 0 Å². The highest BCUT2D eigenvalue weighted by Crippen LogP contribution is 2.43. The zero-order valence-electron chi connectivity index (χ0n) is 84.9. The number of benzene rings is 4. The van der Waals surface area contributed by atoms with Crippen LogP contribution in [-0.4, -0.2) is 39.9 Å². The number of H-pyrrole nitrogens is 2. The average Bonchev–Trinajstić information content (AvgIpc) is 1.59. The van der Waals surface area contributed by atoms with Crippen molar-refractivity contribution >= 4 is 44.1 Å². The molecule has 0 saturated heterocycles. The van der Waals surface area contributed by atoms with Crippen molar-refractivity contribution in [3.05, 3.63) is 93.0 Å². The molecule has 8 bridgehead atoms. The van der Waals surface area contributed by atoms with Crippen LogP contribution in [0.4, 0.5) is 0 Å². The fourth-order valence-electron chi connectivity index (χ4n) is 21.2. The van der Waals surface area contributed by atoms with Crippen molar-refractivity contribution in [2.75, 3.05) is 0 Å².